The Labute approximate surface area is 187 Å². The number of halogens is 3. The average molecular weight is 516 g/mol. The molecule has 1 aliphatic heterocycles. The van der Waals surface area contributed by atoms with E-state index < -0.39 is 11.6 Å². The quantitative estimate of drug-likeness (QED) is 0.364. The second-order valence-electron chi connectivity index (χ2n) is 7.01. The first-order chi connectivity index (χ1) is 13.5. The standard InChI is InChI=1S/C20H26F2N6.HI/c1-23-20(25-12-14-6-8-24-19(10-14)27(2)3)26-16-7-9-28(13-16)18-5-4-15(21)11-17(18)22;/h4-6,8,10-11,16H,7,9,12-13H2,1-3H3,(H2,23,25,26);1H. The molecule has 1 aromatic heterocycles. The van der Waals surface area contributed by atoms with Crippen molar-refractivity contribution in [1.82, 2.24) is 15.6 Å². The highest BCUT2D eigenvalue weighted by Gasteiger charge is 2.25. The molecule has 2 heterocycles. The van der Waals surface area contributed by atoms with Gasteiger partial charge in [-0.25, -0.2) is 13.8 Å². The number of nitrogens with one attached hydrogen (secondary N) is 2. The molecule has 0 amide bonds. The third kappa shape index (κ3) is 6.15. The van der Waals surface area contributed by atoms with Crippen molar-refractivity contribution in [3.8, 4) is 0 Å². The van der Waals surface area contributed by atoms with Gasteiger partial charge in [-0.05, 0) is 36.2 Å². The van der Waals surface area contributed by atoms with Crippen molar-refractivity contribution >= 4 is 41.4 Å². The van der Waals surface area contributed by atoms with Crippen LogP contribution in [0, 0.1) is 11.6 Å². The van der Waals surface area contributed by atoms with Crippen molar-refractivity contribution in [3.63, 3.8) is 0 Å². The molecular weight excluding hydrogens is 489 g/mol. The van der Waals surface area contributed by atoms with E-state index in [2.05, 4.69) is 20.6 Å². The Morgan fingerprint density at radius 2 is 2.07 bits per heavy atom. The van der Waals surface area contributed by atoms with E-state index in [1.165, 1.54) is 12.1 Å². The minimum absolute atomic E-state index is 0. The monoisotopic (exact) mass is 516 g/mol. The third-order valence-corrected chi connectivity index (χ3v) is 4.73. The van der Waals surface area contributed by atoms with Crippen LogP contribution in [0.4, 0.5) is 20.3 Å². The predicted octanol–water partition coefficient (Wildman–Crippen LogP) is 2.99. The van der Waals surface area contributed by atoms with E-state index in [1.54, 1.807) is 13.2 Å². The summed E-state index contributed by atoms with van der Waals surface area (Å²) in [4.78, 5) is 12.5. The van der Waals surface area contributed by atoms with Crippen molar-refractivity contribution < 1.29 is 8.78 Å². The molecule has 0 spiro atoms. The number of anilines is 2. The normalized spacial score (nSPS) is 16.4. The summed E-state index contributed by atoms with van der Waals surface area (Å²) in [6.07, 6.45) is 2.63. The molecule has 2 N–H and O–H groups in total. The van der Waals surface area contributed by atoms with Gasteiger partial charge in [0.15, 0.2) is 5.96 Å². The van der Waals surface area contributed by atoms with E-state index in [4.69, 9.17) is 0 Å². The number of aromatic nitrogens is 1. The van der Waals surface area contributed by atoms with Gasteiger partial charge in [-0.1, -0.05) is 0 Å². The first-order valence-electron chi connectivity index (χ1n) is 9.25. The molecule has 0 aliphatic carbocycles. The van der Waals surface area contributed by atoms with Gasteiger partial charge in [-0.15, -0.1) is 24.0 Å². The van der Waals surface area contributed by atoms with Crippen molar-refractivity contribution in [2.24, 2.45) is 4.99 Å². The molecule has 1 fully saturated rings. The van der Waals surface area contributed by atoms with Crippen molar-refractivity contribution in [2.45, 2.75) is 19.0 Å². The van der Waals surface area contributed by atoms with Crippen LogP contribution in [0.15, 0.2) is 41.5 Å². The van der Waals surface area contributed by atoms with Gasteiger partial charge in [0.25, 0.3) is 0 Å². The fraction of sp³-hybridized carbons (Fsp3) is 0.400. The number of rotatable bonds is 5. The molecule has 1 unspecified atom stereocenters. The van der Waals surface area contributed by atoms with E-state index in [9.17, 15) is 8.78 Å². The molecule has 158 valence electrons. The van der Waals surface area contributed by atoms with Gasteiger partial charge in [0, 0.05) is 59.1 Å². The maximum atomic E-state index is 14.0. The molecule has 0 saturated carbocycles. The molecule has 0 bridgehead atoms. The molecule has 1 aliphatic rings. The van der Waals surface area contributed by atoms with E-state index in [-0.39, 0.29) is 30.0 Å². The summed E-state index contributed by atoms with van der Waals surface area (Å²) in [5.41, 5.74) is 1.53. The van der Waals surface area contributed by atoms with Gasteiger partial charge in [0.1, 0.15) is 17.5 Å². The lowest BCUT2D eigenvalue weighted by Gasteiger charge is -2.21. The number of aliphatic imine (C=N–C) groups is 1. The molecule has 3 rings (SSSR count). The Hall–Kier alpha value is -2.17. The van der Waals surface area contributed by atoms with Crippen LogP contribution in [0.3, 0.4) is 0 Å². The number of benzene rings is 1. The lowest BCUT2D eigenvalue weighted by Crippen LogP contribution is -2.44. The van der Waals surface area contributed by atoms with Crippen LogP contribution in [0.5, 0.6) is 0 Å². The molecule has 2 aromatic rings. The molecule has 0 radical (unpaired) electrons. The van der Waals surface area contributed by atoms with Gasteiger partial charge in [0.05, 0.1) is 5.69 Å². The van der Waals surface area contributed by atoms with Gasteiger partial charge >= 0.3 is 0 Å². The van der Waals surface area contributed by atoms with Crippen molar-refractivity contribution in [1.29, 1.82) is 0 Å². The Bertz CT molecular complexity index is 845. The number of guanidine groups is 1. The van der Waals surface area contributed by atoms with Crippen LogP contribution in [0.2, 0.25) is 0 Å². The lowest BCUT2D eigenvalue weighted by molar-refractivity contribution is 0.580. The predicted molar refractivity (Wildman–Crippen MR) is 124 cm³/mol. The second-order valence-corrected chi connectivity index (χ2v) is 7.01. The summed E-state index contributed by atoms with van der Waals surface area (Å²) in [7, 11) is 5.63. The average Bonchev–Trinajstić information content (AvgIpc) is 3.13. The molecular formula is C20H27F2IN6. The van der Waals surface area contributed by atoms with Crippen LogP contribution in [-0.4, -0.2) is 51.2 Å². The molecule has 1 saturated heterocycles. The topological polar surface area (TPSA) is 55.8 Å². The van der Waals surface area contributed by atoms with E-state index in [1.807, 2.05) is 36.0 Å². The zero-order chi connectivity index (χ0) is 20.1. The van der Waals surface area contributed by atoms with Crippen LogP contribution < -0.4 is 20.4 Å². The Balaban J connectivity index is 0.00000300. The molecule has 9 heteroatoms. The highest BCUT2D eigenvalue weighted by atomic mass is 127. The summed E-state index contributed by atoms with van der Waals surface area (Å²) < 4.78 is 27.1. The van der Waals surface area contributed by atoms with Crippen molar-refractivity contribution in [2.75, 3.05) is 44.0 Å². The first kappa shape index (κ1) is 23.1. The third-order valence-electron chi connectivity index (χ3n) is 4.73. The Kier molecular flexibility index (Phi) is 8.42. The highest BCUT2D eigenvalue weighted by Crippen LogP contribution is 2.24. The van der Waals surface area contributed by atoms with Gasteiger partial charge in [-0.3, -0.25) is 4.99 Å². The fourth-order valence-electron chi connectivity index (χ4n) is 3.22. The number of pyridine rings is 1. The number of hydrogen-bond donors (Lipinski definition) is 2. The van der Waals surface area contributed by atoms with E-state index in [0.717, 1.165) is 23.9 Å². The van der Waals surface area contributed by atoms with Gasteiger partial charge in [-0.2, -0.15) is 0 Å². The first-order valence-corrected chi connectivity index (χ1v) is 9.25. The van der Waals surface area contributed by atoms with Crippen molar-refractivity contribution in [3.05, 3.63) is 53.7 Å². The highest BCUT2D eigenvalue weighted by molar-refractivity contribution is 14.0. The summed E-state index contributed by atoms with van der Waals surface area (Å²) >= 11 is 0. The largest absolute Gasteiger partial charge is 0.367 e. The maximum absolute atomic E-state index is 14.0. The lowest BCUT2D eigenvalue weighted by atomic mass is 10.2. The molecule has 29 heavy (non-hydrogen) atoms. The Morgan fingerprint density at radius 1 is 1.28 bits per heavy atom. The number of nitrogens with zero attached hydrogens (tertiary/aromatic N) is 4. The smallest absolute Gasteiger partial charge is 0.191 e. The summed E-state index contributed by atoms with van der Waals surface area (Å²) in [5, 5.41) is 6.68. The van der Waals surface area contributed by atoms with E-state index >= 15 is 0 Å². The van der Waals surface area contributed by atoms with Crippen LogP contribution in [-0.2, 0) is 6.54 Å². The fourth-order valence-corrected chi connectivity index (χ4v) is 3.22. The second kappa shape index (κ2) is 10.6. The summed E-state index contributed by atoms with van der Waals surface area (Å²) in [6, 6.07) is 7.82. The zero-order valence-electron chi connectivity index (χ0n) is 16.8. The van der Waals surface area contributed by atoms with Gasteiger partial charge < -0.3 is 20.4 Å². The van der Waals surface area contributed by atoms with E-state index in [0.29, 0.717) is 31.3 Å². The molecule has 1 aromatic carbocycles. The molecule has 6 nitrogen and oxygen atoms in total. The van der Waals surface area contributed by atoms with Crippen LogP contribution in [0.1, 0.15) is 12.0 Å². The minimum Gasteiger partial charge on any atom is -0.367 e. The van der Waals surface area contributed by atoms with Gasteiger partial charge in [0.2, 0.25) is 0 Å². The summed E-state index contributed by atoms with van der Waals surface area (Å²) in [5.74, 6) is 0.496. The zero-order valence-corrected chi connectivity index (χ0v) is 19.2. The SMILES string of the molecule is CN=C(NCc1ccnc(N(C)C)c1)NC1CCN(c2ccc(F)cc2F)C1.I. The van der Waals surface area contributed by atoms with Crippen LogP contribution >= 0.6 is 24.0 Å². The maximum Gasteiger partial charge on any atom is 0.191 e. The van der Waals surface area contributed by atoms with Crippen LogP contribution in [0.25, 0.3) is 0 Å². The Morgan fingerprint density at radius 3 is 2.76 bits per heavy atom. The molecule has 1 atom stereocenters. The minimum atomic E-state index is -0.562. The summed E-state index contributed by atoms with van der Waals surface area (Å²) in [6.45, 7) is 1.95. The number of hydrogen-bond acceptors (Lipinski definition) is 4.